The molecule has 9 nitrogen and oxygen atoms in total. The average Bonchev–Trinajstić information content (AvgIpc) is 2.94. The Morgan fingerprint density at radius 1 is 0.907 bits per heavy atom. The smallest absolute Gasteiger partial charge is 0.244 e. The molecule has 0 fully saturated rings. The summed E-state index contributed by atoms with van der Waals surface area (Å²) in [7, 11) is -1.17. The molecule has 43 heavy (non-hydrogen) atoms. The number of anilines is 1. The zero-order valence-electron chi connectivity index (χ0n) is 25.1. The Labute approximate surface area is 263 Å². The van der Waals surface area contributed by atoms with Crippen LogP contribution in [-0.2, 0) is 32.6 Å². The molecule has 1 atom stereocenters. The van der Waals surface area contributed by atoms with E-state index in [2.05, 4.69) is 5.32 Å². The Hall–Kier alpha value is -3.47. The summed E-state index contributed by atoms with van der Waals surface area (Å²) in [6.45, 7) is 4.87. The first-order valence-corrected chi connectivity index (χ1v) is 16.0. The summed E-state index contributed by atoms with van der Waals surface area (Å²) >= 11 is 12.4. The van der Waals surface area contributed by atoms with Crippen LogP contribution in [0.15, 0.2) is 66.7 Å². The van der Waals surface area contributed by atoms with Crippen molar-refractivity contribution in [3.8, 4) is 11.5 Å². The minimum Gasteiger partial charge on any atom is -0.497 e. The van der Waals surface area contributed by atoms with Gasteiger partial charge in [-0.3, -0.25) is 13.9 Å². The number of benzene rings is 3. The second kappa shape index (κ2) is 14.3. The molecule has 0 heterocycles. The quantitative estimate of drug-likeness (QED) is 0.284. The summed E-state index contributed by atoms with van der Waals surface area (Å²) in [4.78, 5) is 29.5. The van der Waals surface area contributed by atoms with Gasteiger partial charge in [-0.05, 0) is 56.2 Å². The Balaban J connectivity index is 2.15. The normalized spacial score (nSPS) is 12.3. The third-order valence-corrected chi connectivity index (χ3v) is 8.31. The molecular weight excluding hydrogens is 613 g/mol. The van der Waals surface area contributed by atoms with Crippen molar-refractivity contribution in [2.45, 2.75) is 45.3 Å². The zero-order chi connectivity index (χ0) is 31.9. The third kappa shape index (κ3) is 9.51. The van der Waals surface area contributed by atoms with Crippen molar-refractivity contribution >= 4 is 50.7 Å². The Kier molecular flexibility index (Phi) is 11.3. The topological polar surface area (TPSA) is 105 Å². The highest BCUT2D eigenvalue weighted by Gasteiger charge is 2.35. The Bertz CT molecular complexity index is 1540. The maximum absolute atomic E-state index is 14.3. The van der Waals surface area contributed by atoms with Gasteiger partial charge in [-0.1, -0.05) is 59.6 Å². The number of amides is 2. The molecule has 2 amide bonds. The summed E-state index contributed by atoms with van der Waals surface area (Å²) in [5.74, 6) is -0.418. The fourth-order valence-corrected chi connectivity index (χ4v) is 5.59. The minimum atomic E-state index is -4.01. The lowest BCUT2D eigenvalue weighted by Crippen LogP contribution is -2.56. The first-order chi connectivity index (χ1) is 20.1. The largest absolute Gasteiger partial charge is 0.497 e. The van der Waals surface area contributed by atoms with Crippen LogP contribution in [0.3, 0.4) is 0 Å². The molecule has 0 saturated heterocycles. The van der Waals surface area contributed by atoms with E-state index < -0.39 is 40.0 Å². The molecule has 0 spiro atoms. The van der Waals surface area contributed by atoms with E-state index in [1.165, 1.54) is 25.2 Å². The number of rotatable bonds is 12. The van der Waals surface area contributed by atoms with Crippen LogP contribution >= 0.6 is 23.2 Å². The molecule has 1 N–H and O–H groups in total. The van der Waals surface area contributed by atoms with Gasteiger partial charge < -0.3 is 19.7 Å². The van der Waals surface area contributed by atoms with Gasteiger partial charge in [0.15, 0.2) is 0 Å². The van der Waals surface area contributed by atoms with Crippen LogP contribution in [0.25, 0.3) is 0 Å². The molecule has 0 saturated carbocycles. The van der Waals surface area contributed by atoms with Crippen molar-refractivity contribution in [2.75, 3.05) is 31.3 Å². The number of carbonyl (C=O) groups excluding carboxylic acids is 2. The summed E-state index contributed by atoms with van der Waals surface area (Å²) < 4.78 is 37.9. The summed E-state index contributed by atoms with van der Waals surface area (Å²) in [5.41, 5.74) is 0.940. The number of nitrogens with zero attached hydrogens (tertiary/aromatic N) is 2. The van der Waals surface area contributed by atoms with Crippen molar-refractivity contribution in [2.24, 2.45) is 0 Å². The SMILES string of the molecule is COc1ccc(OC)c(N(CC(=O)N(Cc2ccc(Cl)c(Cl)c2)C(Cc2ccccc2)C(=O)NC(C)(C)C)S(C)(=O)=O)c1. The van der Waals surface area contributed by atoms with Crippen molar-refractivity contribution in [3.05, 3.63) is 87.9 Å². The van der Waals surface area contributed by atoms with Crippen LogP contribution in [0.4, 0.5) is 5.69 Å². The lowest BCUT2D eigenvalue weighted by molar-refractivity contribution is -0.140. The first-order valence-electron chi connectivity index (χ1n) is 13.4. The molecule has 3 aromatic rings. The number of hydrogen-bond donors (Lipinski definition) is 1. The van der Waals surface area contributed by atoms with Gasteiger partial charge in [-0.15, -0.1) is 0 Å². The fraction of sp³-hybridized carbons (Fsp3) is 0.355. The van der Waals surface area contributed by atoms with Crippen LogP contribution in [0.1, 0.15) is 31.9 Å². The molecule has 232 valence electrons. The molecule has 1 unspecified atom stereocenters. The molecule has 0 bridgehead atoms. The molecule has 3 rings (SSSR count). The van der Waals surface area contributed by atoms with Crippen LogP contribution in [-0.4, -0.2) is 63.7 Å². The molecule has 12 heteroatoms. The van der Waals surface area contributed by atoms with Gasteiger partial charge in [0.1, 0.15) is 24.1 Å². The maximum Gasteiger partial charge on any atom is 0.244 e. The van der Waals surface area contributed by atoms with Crippen molar-refractivity contribution < 1.29 is 27.5 Å². The number of methoxy groups -OCH3 is 2. The number of sulfonamides is 1. The van der Waals surface area contributed by atoms with E-state index in [1.807, 2.05) is 51.1 Å². The highest BCUT2D eigenvalue weighted by Crippen LogP contribution is 2.34. The number of halogens is 2. The molecule has 3 aromatic carbocycles. The summed E-state index contributed by atoms with van der Waals surface area (Å²) in [5, 5.41) is 3.60. The van der Waals surface area contributed by atoms with Crippen molar-refractivity contribution in [1.29, 1.82) is 0 Å². The predicted molar refractivity (Wildman–Crippen MR) is 171 cm³/mol. The second-order valence-corrected chi connectivity index (χ2v) is 13.7. The van der Waals surface area contributed by atoms with Gasteiger partial charge >= 0.3 is 0 Å². The zero-order valence-corrected chi connectivity index (χ0v) is 27.4. The van der Waals surface area contributed by atoms with Gasteiger partial charge in [0, 0.05) is 24.6 Å². The third-order valence-electron chi connectivity index (χ3n) is 6.44. The lowest BCUT2D eigenvalue weighted by atomic mass is 10.0. The number of carbonyl (C=O) groups is 2. The first kappa shape index (κ1) is 34.0. The molecule has 0 aliphatic carbocycles. The van der Waals surface area contributed by atoms with Crippen molar-refractivity contribution in [3.63, 3.8) is 0 Å². The maximum atomic E-state index is 14.3. The Morgan fingerprint density at radius 2 is 1.58 bits per heavy atom. The second-order valence-electron chi connectivity index (χ2n) is 11.0. The summed E-state index contributed by atoms with van der Waals surface area (Å²) in [6.07, 6.45) is 1.17. The number of ether oxygens (including phenoxy) is 2. The fourth-order valence-electron chi connectivity index (χ4n) is 4.43. The van der Waals surface area contributed by atoms with Crippen LogP contribution in [0.5, 0.6) is 11.5 Å². The van der Waals surface area contributed by atoms with E-state index in [0.29, 0.717) is 16.3 Å². The van der Waals surface area contributed by atoms with E-state index in [4.69, 9.17) is 32.7 Å². The van der Waals surface area contributed by atoms with E-state index in [1.54, 1.807) is 30.3 Å². The number of hydrogen-bond acceptors (Lipinski definition) is 6. The van der Waals surface area contributed by atoms with Gasteiger partial charge in [0.2, 0.25) is 21.8 Å². The highest BCUT2D eigenvalue weighted by atomic mass is 35.5. The molecule has 0 radical (unpaired) electrons. The minimum absolute atomic E-state index is 0.0440. The van der Waals surface area contributed by atoms with E-state index >= 15 is 0 Å². The standard InChI is InChI=1S/C31H37Cl2N3O6S/c1-31(2,3)34-30(38)27(17-21-10-8-7-9-11-21)35(19-22-12-14-24(32)25(33)16-22)29(37)20-36(43(6,39)40)26-18-23(41-4)13-15-28(26)42-5/h7-16,18,27H,17,19-20H2,1-6H3,(H,34,38). The van der Waals surface area contributed by atoms with Crippen LogP contribution < -0.4 is 19.1 Å². The molecule has 0 aromatic heterocycles. The van der Waals surface area contributed by atoms with E-state index in [0.717, 1.165) is 16.1 Å². The lowest BCUT2D eigenvalue weighted by Gasteiger charge is -2.35. The summed E-state index contributed by atoms with van der Waals surface area (Å²) in [6, 6.07) is 17.9. The monoisotopic (exact) mass is 649 g/mol. The van der Waals surface area contributed by atoms with Gasteiger partial charge in [-0.25, -0.2) is 8.42 Å². The van der Waals surface area contributed by atoms with E-state index in [-0.39, 0.29) is 29.4 Å². The van der Waals surface area contributed by atoms with Gasteiger partial charge in [0.05, 0.1) is 36.2 Å². The van der Waals surface area contributed by atoms with Crippen LogP contribution in [0, 0.1) is 0 Å². The molecular formula is C31H37Cl2N3O6S. The molecule has 0 aliphatic rings. The predicted octanol–water partition coefficient (Wildman–Crippen LogP) is 5.33. The van der Waals surface area contributed by atoms with Crippen molar-refractivity contribution in [1.82, 2.24) is 10.2 Å². The van der Waals surface area contributed by atoms with E-state index in [9.17, 15) is 18.0 Å². The molecule has 0 aliphatic heterocycles. The Morgan fingerprint density at radius 3 is 2.14 bits per heavy atom. The highest BCUT2D eigenvalue weighted by molar-refractivity contribution is 7.92. The van der Waals surface area contributed by atoms with Gasteiger partial charge in [0.25, 0.3) is 0 Å². The average molecular weight is 651 g/mol. The van der Waals surface area contributed by atoms with Crippen LogP contribution in [0.2, 0.25) is 10.0 Å². The van der Waals surface area contributed by atoms with Gasteiger partial charge in [-0.2, -0.15) is 0 Å². The number of nitrogens with one attached hydrogen (secondary N) is 1.